The third-order valence-electron chi connectivity index (χ3n) is 1.71. The van der Waals surface area contributed by atoms with Gasteiger partial charge in [0.15, 0.2) is 5.65 Å². The Balaban J connectivity index is 2.68. The molecular weight excluding hydrogens is 186 g/mol. The van der Waals surface area contributed by atoms with E-state index in [0.717, 1.165) is 21.9 Å². The molecular formula is C8H9N3OS. The van der Waals surface area contributed by atoms with Gasteiger partial charge in [0.25, 0.3) is 0 Å². The zero-order chi connectivity index (χ0) is 9.42. The second kappa shape index (κ2) is 2.92. The smallest absolute Gasteiger partial charge is 0.297 e. The van der Waals surface area contributed by atoms with Gasteiger partial charge in [-0.2, -0.15) is 0 Å². The molecule has 2 aromatic heterocycles. The Morgan fingerprint density at radius 1 is 1.54 bits per heavy atom. The lowest BCUT2D eigenvalue weighted by Crippen LogP contribution is -1.97. The highest BCUT2D eigenvalue weighted by Gasteiger charge is 2.05. The topological polar surface area (TPSA) is 58.6 Å². The summed E-state index contributed by atoms with van der Waals surface area (Å²) in [7, 11) is 0. The lowest BCUT2D eigenvalue weighted by Gasteiger charge is -2.00. The van der Waals surface area contributed by atoms with E-state index in [2.05, 4.69) is 15.0 Å². The van der Waals surface area contributed by atoms with E-state index in [0.29, 0.717) is 5.65 Å². The number of nitrogens with zero attached hydrogens (tertiary/aromatic N) is 2. The average molecular weight is 195 g/mol. The van der Waals surface area contributed by atoms with Crippen LogP contribution in [0.2, 0.25) is 0 Å². The van der Waals surface area contributed by atoms with Crippen LogP contribution in [-0.2, 0) is 0 Å². The van der Waals surface area contributed by atoms with Gasteiger partial charge in [-0.1, -0.05) is 25.2 Å². The number of hydrogen-bond acceptors (Lipinski definition) is 4. The fraction of sp³-hybridized carbons (Fsp3) is 0.375. The Labute approximate surface area is 78.7 Å². The first kappa shape index (κ1) is 8.37. The summed E-state index contributed by atoms with van der Waals surface area (Å²) >= 11 is 1.14. The minimum Gasteiger partial charge on any atom is -0.297 e. The normalized spacial score (nSPS) is 11.3. The van der Waals surface area contributed by atoms with E-state index >= 15 is 0 Å². The van der Waals surface area contributed by atoms with Crippen molar-refractivity contribution in [2.24, 2.45) is 0 Å². The number of thiazole rings is 1. The molecule has 0 bridgehead atoms. The molecule has 1 N–H and O–H groups in total. The fourth-order valence-electron chi connectivity index (χ4n) is 1.05. The second-order valence-electron chi connectivity index (χ2n) is 3.11. The molecule has 13 heavy (non-hydrogen) atoms. The highest BCUT2D eigenvalue weighted by atomic mass is 32.1. The standard InChI is InChI=1S/C8H9N3OS/c1-4(2)6-9-3-5-7(10-6)11-8(12)13-5/h3-4H,1-2H3,(H,9,10,11,12). The van der Waals surface area contributed by atoms with Crippen LogP contribution < -0.4 is 4.87 Å². The molecule has 4 nitrogen and oxygen atoms in total. The molecule has 0 unspecified atom stereocenters. The molecule has 0 fully saturated rings. The van der Waals surface area contributed by atoms with Crippen molar-refractivity contribution in [3.63, 3.8) is 0 Å². The molecule has 0 spiro atoms. The first-order chi connectivity index (χ1) is 6.16. The largest absolute Gasteiger partial charge is 0.306 e. The molecule has 2 heterocycles. The van der Waals surface area contributed by atoms with Gasteiger partial charge in [-0.15, -0.1) is 0 Å². The van der Waals surface area contributed by atoms with Gasteiger partial charge in [0.2, 0.25) is 0 Å². The predicted molar refractivity (Wildman–Crippen MR) is 52.1 cm³/mol. The van der Waals surface area contributed by atoms with Crippen molar-refractivity contribution in [2.75, 3.05) is 0 Å². The molecule has 0 aromatic carbocycles. The van der Waals surface area contributed by atoms with E-state index in [1.54, 1.807) is 6.20 Å². The maximum Gasteiger partial charge on any atom is 0.306 e. The quantitative estimate of drug-likeness (QED) is 0.750. The molecule has 68 valence electrons. The fourth-order valence-corrected chi connectivity index (χ4v) is 1.70. The SMILES string of the molecule is CC(C)c1ncc2sc(=O)[nH]c2n1. The molecule has 0 aliphatic heterocycles. The third-order valence-corrected chi connectivity index (χ3v) is 2.52. The maximum atomic E-state index is 11.0. The Bertz CT molecular complexity index is 485. The van der Waals surface area contributed by atoms with Crippen LogP contribution in [0.1, 0.15) is 25.6 Å². The molecule has 0 radical (unpaired) electrons. The van der Waals surface area contributed by atoms with Gasteiger partial charge in [-0.3, -0.25) is 9.78 Å². The van der Waals surface area contributed by atoms with Crippen LogP contribution >= 0.6 is 11.3 Å². The minimum atomic E-state index is -0.0785. The number of rotatable bonds is 1. The van der Waals surface area contributed by atoms with Gasteiger partial charge in [0.1, 0.15) is 5.82 Å². The molecule has 0 aliphatic carbocycles. The molecule has 0 amide bonds. The van der Waals surface area contributed by atoms with E-state index < -0.39 is 0 Å². The van der Waals surface area contributed by atoms with E-state index in [-0.39, 0.29) is 10.8 Å². The lowest BCUT2D eigenvalue weighted by atomic mass is 10.2. The summed E-state index contributed by atoms with van der Waals surface area (Å²) in [6.07, 6.45) is 1.69. The first-order valence-corrected chi connectivity index (χ1v) is 4.84. The summed E-state index contributed by atoms with van der Waals surface area (Å²) in [5.74, 6) is 1.05. The monoisotopic (exact) mass is 195 g/mol. The van der Waals surface area contributed by atoms with Crippen molar-refractivity contribution in [1.29, 1.82) is 0 Å². The average Bonchev–Trinajstić information content (AvgIpc) is 2.42. The van der Waals surface area contributed by atoms with Crippen LogP contribution in [-0.4, -0.2) is 15.0 Å². The zero-order valence-corrected chi connectivity index (χ0v) is 8.18. The van der Waals surface area contributed by atoms with Crippen LogP contribution in [0.5, 0.6) is 0 Å². The first-order valence-electron chi connectivity index (χ1n) is 4.02. The van der Waals surface area contributed by atoms with Crippen LogP contribution in [0.25, 0.3) is 10.3 Å². The second-order valence-corrected chi connectivity index (χ2v) is 4.13. The van der Waals surface area contributed by atoms with E-state index in [1.807, 2.05) is 13.8 Å². The van der Waals surface area contributed by atoms with E-state index in [9.17, 15) is 4.79 Å². The van der Waals surface area contributed by atoms with Crippen molar-refractivity contribution >= 4 is 21.7 Å². The van der Waals surface area contributed by atoms with Gasteiger partial charge < -0.3 is 0 Å². The number of aromatic nitrogens is 3. The van der Waals surface area contributed by atoms with Crippen molar-refractivity contribution < 1.29 is 0 Å². The summed E-state index contributed by atoms with van der Waals surface area (Å²) in [5, 5.41) is 0. The highest BCUT2D eigenvalue weighted by Crippen LogP contribution is 2.14. The van der Waals surface area contributed by atoms with Gasteiger partial charge in [0, 0.05) is 5.92 Å². The van der Waals surface area contributed by atoms with Crippen molar-refractivity contribution in [2.45, 2.75) is 19.8 Å². The summed E-state index contributed by atoms with van der Waals surface area (Å²) in [5.41, 5.74) is 0.647. The molecule has 2 rings (SSSR count). The number of fused-ring (bicyclic) bond motifs is 1. The van der Waals surface area contributed by atoms with Crippen LogP contribution in [0.3, 0.4) is 0 Å². The van der Waals surface area contributed by atoms with Crippen LogP contribution in [0, 0.1) is 0 Å². The highest BCUT2D eigenvalue weighted by molar-refractivity contribution is 7.16. The van der Waals surface area contributed by atoms with Gasteiger partial charge in [0.05, 0.1) is 10.9 Å². The Kier molecular flexibility index (Phi) is 1.88. The summed E-state index contributed by atoms with van der Waals surface area (Å²) in [6.45, 7) is 4.04. The number of aromatic amines is 1. The van der Waals surface area contributed by atoms with Gasteiger partial charge in [-0.05, 0) is 0 Å². The van der Waals surface area contributed by atoms with Crippen molar-refractivity contribution in [3.05, 3.63) is 21.7 Å². The van der Waals surface area contributed by atoms with Crippen molar-refractivity contribution in [3.8, 4) is 0 Å². The number of H-pyrrole nitrogens is 1. The molecule has 0 saturated heterocycles. The van der Waals surface area contributed by atoms with Crippen molar-refractivity contribution in [1.82, 2.24) is 15.0 Å². The molecule has 0 atom stereocenters. The van der Waals surface area contributed by atoms with E-state index in [1.165, 1.54) is 0 Å². The van der Waals surface area contributed by atoms with Gasteiger partial charge in [-0.25, -0.2) is 9.97 Å². The van der Waals surface area contributed by atoms with E-state index in [4.69, 9.17) is 0 Å². The summed E-state index contributed by atoms with van der Waals surface area (Å²) in [4.78, 5) is 22.0. The summed E-state index contributed by atoms with van der Waals surface area (Å²) < 4.78 is 0.814. The Hall–Kier alpha value is -1.23. The molecule has 0 aliphatic rings. The zero-order valence-electron chi connectivity index (χ0n) is 7.37. The van der Waals surface area contributed by atoms with Gasteiger partial charge >= 0.3 is 4.87 Å². The Morgan fingerprint density at radius 2 is 2.31 bits per heavy atom. The van der Waals surface area contributed by atoms with Crippen LogP contribution in [0.4, 0.5) is 0 Å². The lowest BCUT2D eigenvalue weighted by molar-refractivity contribution is 0.781. The number of nitrogens with one attached hydrogen (secondary N) is 1. The third kappa shape index (κ3) is 1.47. The molecule has 2 aromatic rings. The van der Waals surface area contributed by atoms with Crippen LogP contribution in [0.15, 0.2) is 11.0 Å². The number of hydrogen-bond donors (Lipinski definition) is 1. The summed E-state index contributed by atoms with van der Waals surface area (Å²) in [6, 6.07) is 0. The minimum absolute atomic E-state index is 0.0785. The maximum absolute atomic E-state index is 11.0. The Morgan fingerprint density at radius 3 is 3.00 bits per heavy atom. The molecule has 5 heteroatoms. The predicted octanol–water partition coefficient (Wildman–Crippen LogP) is 1.50. The molecule has 0 saturated carbocycles.